The quantitative estimate of drug-likeness (QED) is 0.818. The molecule has 2 aromatic rings. The summed E-state index contributed by atoms with van der Waals surface area (Å²) in [6, 6.07) is 7.56. The van der Waals surface area contributed by atoms with E-state index in [1.165, 1.54) is 12.4 Å². The minimum Gasteiger partial charge on any atom is -0.365 e. The standard InChI is InChI=1S/C15H16N4O/c1-3-8-16-14-10-17-13(9-18-14)15(20)19-12-6-4-11(2)5-7-12/h3-7,9-10H,1,8H2,2H3,(H,16,18)(H,19,20). The summed E-state index contributed by atoms with van der Waals surface area (Å²) in [5.74, 6) is 0.327. The van der Waals surface area contributed by atoms with Crippen LogP contribution >= 0.6 is 0 Å². The van der Waals surface area contributed by atoms with Gasteiger partial charge in [-0.25, -0.2) is 9.97 Å². The van der Waals surface area contributed by atoms with E-state index in [1.54, 1.807) is 6.08 Å². The number of hydrogen-bond acceptors (Lipinski definition) is 4. The first-order chi connectivity index (χ1) is 9.69. The van der Waals surface area contributed by atoms with Gasteiger partial charge in [0.25, 0.3) is 5.91 Å². The van der Waals surface area contributed by atoms with Crippen LogP contribution in [0.25, 0.3) is 0 Å². The third-order valence-corrected chi connectivity index (χ3v) is 2.62. The zero-order valence-corrected chi connectivity index (χ0v) is 11.3. The topological polar surface area (TPSA) is 66.9 Å². The second-order valence-corrected chi connectivity index (χ2v) is 4.28. The summed E-state index contributed by atoms with van der Waals surface area (Å²) >= 11 is 0. The van der Waals surface area contributed by atoms with E-state index in [2.05, 4.69) is 27.2 Å². The molecule has 0 saturated carbocycles. The Hall–Kier alpha value is -2.69. The predicted molar refractivity (Wildman–Crippen MR) is 79.9 cm³/mol. The smallest absolute Gasteiger partial charge is 0.275 e. The van der Waals surface area contributed by atoms with Crippen molar-refractivity contribution in [2.75, 3.05) is 17.2 Å². The van der Waals surface area contributed by atoms with Gasteiger partial charge in [0.1, 0.15) is 11.5 Å². The van der Waals surface area contributed by atoms with Crippen LogP contribution in [-0.2, 0) is 0 Å². The molecule has 0 unspecified atom stereocenters. The molecule has 0 fully saturated rings. The van der Waals surface area contributed by atoms with Gasteiger partial charge in [-0.05, 0) is 19.1 Å². The fraction of sp³-hybridized carbons (Fsp3) is 0.133. The van der Waals surface area contributed by atoms with Gasteiger partial charge >= 0.3 is 0 Å². The lowest BCUT2D eigenvalue weighted by Crippen LogP contribution is -2.14. The monoisotopic (exact) mass is 268 g/mol. The molecule has 0 saturated heterocycles. The molecule has 0 aliphatic rings. The van der Waals surface area contributed by atoms with Gasteiger partial charge in [0.2, 0.25) is 0 Å². The Bertz CT molecular complexity index is 590. The number of amides is 1. The number of rotatable bonds is 5. The van der Waals surface area contributed by atoms with E-state index in [0.29, 0.717) is 12.4 Å². The van der Waals surface area contributed by atoms with Gasteiger partial charge in [0, 0.05) is 12.2 Å². The molecule has 2 N–H and O–H groups in total. The van der Waals surface area contributed by atoms with Gasteiger partial charge in [-0.3, -0.25) is 4.79 Å². The number of aryl methyl sites for hydroxylation is 1. The number of nitrogens with zero attached hydrogens (tertiary/aromatic N) is 2. The Kier molecular flexibility index (Phi) is 4.44. The summed E-state index contributed by atoms with van der Waals surface area (Å²) in [7, 11) is 0. The van der Waals surface area contributed by atoms with Crippen LogP contribution in [0.3, 0.4) is 0 Å². The lowest BCUT2D eigenvalue weighted by atomic mass is 10.2. The molecule has 20 heavy (non-hydrogen) atoms. The molecule has 0 aliphatic heterocycles. The average Bonchev–Trinajstić information content (AvgIpc) is 2.48. The predicted octanol–water partition coefficient (Wildman–Crippen LogP) is 2.64. The number of benzene rings is 1. The molecule has 1 heterocycles. The van der Waals surface area contributed by atoms with Gasteiger partial charge in [0.05, 0.1) is 12.4 Å². The summed E-state index contributed by atoms with van der Waals surface area (Å²) in [6.45, 7) is 6.19. The van der Waals surface area contributed by atoms with Crippen molar-refractivity contribution in [1.29, 1.82) is 0 Å². The molecule has 1 amide bonds. The van der Waals surface area contributed by atoms with Crippen LogP contribution in [0.4, 0.5) is 11.5 Å². The van der Waals surface area contributed by atoms with Crippen molar-refractivity contribution >= 4 is 17.4 Å². The summed E-state index contributed by atoms with van der Waals surface area (Å²) in [6.07, 6.45) is 4.68. The Morgan fingerprint density at radius 1 is 1.25 bits per heavy atom. The van der Waals surface area contributed by atoms with E-state index < -0.39 is 0 Å². The molecule has 0 radical (unpaired) electrons. The number of hydrogen-bond donors (Lipinski definition) is 2. The minimum atomic E-state index is -0.281. The first-order valence-electron chi connectivity index (χ1n) is 6.24. The summed E-state index contributed by atoms with van der Waals surface area (Å²) < 4.78 is 0. The van der Waals surface area contributed by atoms with E-state index >= 15 is 0 Å². The molecular formula is C15H16N4O. The van der Waals surface area contributed by atoms with Gasteiger partial charge in [-0.2, -0.15) is 0 Å². The van der Waals surface area contributed by atoms with Crippen LogP contribution < -0.4 is 10.6 Å². The highest BCUT2D eigenvalue weighted by Gasteiger charge is 2.08. The fourth-order valence-electron chi connectivity index (χ4n) is 1.55. The van der Waals surface area contributed by atoms with Crippen LogP contribution in [0.5, 0.6) is 0 Å². The zero-order valence-electron chi connectivity index (χ0n) is 11.3. The van der Waals surface area contributed by atoms with Crippen molar-refractivity contribution in [3.8, 4) is 0 Å². The minimum absolute atomic E-state index is 0.273. The van der Waals surface area contributed by atoms with Crippen LogP contribution in [0.1, 0.15) is 16.1 Å². The molecule has 0 bridgehead atoms. The fourth-order valence-corrected chi connectivity index (χ4v) is 1.55. The second kappa shape index (κ2) is 6.47. The maximum absolute atomic E-state index is 12.0. The van der Waals surface area contributed by atoms with Crippen molar-refractivity contribution in [1.82, 2.24) is 9.97 Å². The van der Waals surface area contributed by atoms with Crippen molar-refractivity contribution in [2.24, 2.45) is 0 Å². The van der Waals surface area contributed by atoms with Gasteiger partial charge in [-0.15, -0.1) is 6.58 Å². The maximum Gasteiger partial charge on any atom is 0.275 e. The normalized spacial score (nSPS) is 9.85. The highest BCUT2D eigenvalue weighted by Crippen LogP contribution is 2.10. The third-order valence-electron chi connectivity index (χ3n) is 2.62. The summed E-state index contributed by atoms with van der Waals surface area (Å²) in [5.41, 5.74) is 2.14. The molecule has 102 valence electrons. The Labute approximate surface area is 117 Å². The molecule has 1 aromatic carbocycles. The van der Waals surface area contributed by atoms with Crippen molar-refractivity contribution < 1.29 is 4.79 Å². The Morgan fingerprint density at radius 2 is 2.00 bits per heavy atom. The lowest BCUT2D eigenvalue weighted by molar-refractivity contribution is 0.102. The van der Waals surface area contributed by atoms with E-state index in [4.69, 9.17) is 0 Å². The number of aromatic nitrogens is 2. The average molecular weight is 268 g/mol. The molecule has 2 rings (SSSR count). The summed E-state index contributed by atoms with van der Waals surface area (Å²) in [5, 5.41) is 5.76. The van der Waals surface area contributed by atoms with Crippen LogP contribution in [0.2, 0.25) is 0 Å². The molecular weight excluding hydrogens is 252 g/mol. The van der Waals surface area contributed by atoms with Gasteiger partial charge in [-0.1, -0.05) is 23.8 Å². The van der Waals surface area contributed by atoms with Crippen LogP contribution in [-0.4, -0.2) is 22.4 Å². The molecule has 5 nitrogen and oxygen atoms in total. The van der Waals surface area contributed by atoms with E-state index in [1.807, 2.05) is 31.2 Å². The van der Waals surface area contributed by atoms with Gasteiger partial charge < -0.3 is 10.6 Å². The van der Waals surface area contributed by atoms with Crippen LogP contribution in [0.15, 0.2) is 49.3 Å². The molecule has 0 aliphatic carbocycles. The molecule has 0 spiro atoms. The molecule has 0 atom stereocenters. The highest BCUT2D eigenvalue weighted by molar-refractivity contribution is 6.02. The lowest BCUT2D eigenvalue weighted by Gasteiger charge is -2.06. The van der Waals surface area contributed by atoms with Gasteiger partial charge in [0.15, 0.2) is 0 Å². The van der Waals surface area contributed by atoms with E-state index in [9.17, 15) is 4.79 Å². The zero-order chi connectivity index (χ0) is 14.4. The summed E-state index contributed by atoms with van der Waals surface area (Å²) in [4.78, 5) is 20.2. The first-order valence-corrected chi connectivity index (χ1v) is 6.24. The number of anilines is 2. The van der Waals surface area contributed by atoms with Crippen molar-refractivity contribution in [3.05, 3.63) is 60.6 Å². The number of carbonyl (C=O) groups is 1. The van der Waals surface area contributed by atoms with Crippen molar-refractivity contribution in [2.45, 2.75) is 6.92 Å². The van der Waals surface area contributed by atoms with E-state index in [0.717, 1.165) is 11.3 Å². The second-order valence-electron chi connectivity index (χ2n) is 4.28. The largest absolute Gasteiger partial charge is 0.365 e. The number of nitrogens with one attached hydrogen (secondary N) is 2. The molecule has 5 heteroatoms. The SMILES string of the molecule is C=CCNc1cnc(C(=O)Nc2ccc(C)cc2)cn1. The van der Waals surface area contributed by atoms with Crippen molar-refractivity contribution in [3.63, 3.8) is 0 Å². The first kappa shape index (κ1) is 13.7. The highest BCUT2D eigenvalue weighted by atomic mass is 16.1. The Balaban J connectivity index is 2.01. The maximum atomic E-state index is 12.0. The van der Waals surface area contributed by atoms with Crippen LogP contribution in [0, 0.1) is 6.92 Å². The molecule has 1 aromatic heterocycles. The number of carbonyl (C=O) groups excluding carboxylic acids is 1. The third kappa shape index (κ3) is 3.65. The Morgan fingerprint density at radius 3 is 2.60 bits per heavy atom. The van der Waals surface area contributed by atoms with E-state index in [-0.39, 0.29) is 11.6 Å².